The van der Waals surface area contributed by atoms with Gasteiger partial charge in [0, 0.05) is 5.92 Å². The van der Waals surface area contributed by atoms with Gasteiger partial charge in [-0.05, 0) is 24.7 Å². The summed E-state index contributed by atoms with van der Waals surface area (Å²) in [6, 6.07) is 0. The fourth-order valence-corrected chi connectivity index (χ4v) is 2.70. The minimum absolute atomic E-state index is 0.288. The molecule has 2 N–H and O–H groups in total. The molecule has 1 heterocycles. The number of aromatic nitrogens is 2. The van der Waals surface area contributed by atoms with Gasteiger partial charge in [-0.15, -0.1) is 0 Å². The Balaban J connectivity index is 2.18. The predicted molar refractivity (Wildman–Crippen MR) is 71.0 cm³/mol. The Hall–Kier alpha value is -0.900. The summed E-state index contributed by atoms with van der Waals surface area (Å²) in [5.74, 6) is 2.86. The van der Waals surface area contributed by atoms with E-state index in [1.807, 2.05) is 0 Å². The van der Waals surface area contributed by atoms with Crippen LogP contribution in [0, 0.1) is 11.8 Å². The van der Waals surface area contributed by atoms with E-state index in [9.17, 15) is 0 Å². The SMILES string of the molecule is CC1CCCC(N)(c2noc(C(C)C(C)C)n2)C1. The monoisotopic (exact) mass is 251 g/mol. The van der Waals surface area contributed by atoms with Gasteiger partial charge in [-0.2, -0.15) is 4.98 Å². The molecule has 4 nitrogen and oxygen atoms in total. The minimum Gasteiger partial charge on any atom is -0.339 e. The lowest BCUT2D eigenvalue weighted by atomic mass is 9.76. The maximum absolute atomic E-state index is 6.48. The standard InChI is InChI=1S/C14H25N3O/c1-9(2)11(4)12-16-13(17-18-12)14(15)7-5-6-10(3)8-14/h9-11H,5-8,15H2,1-4H3. The molecule has 0 radical (unpaired) electrons. The molecule has 1 fully saturated rings. The van der Waals surface area contributed by atoms with Gasteiger partial charge < -0.3 is 10.3 Å². The second kappa shape index (κ2) is 5.00. The molecule has 0 aromatic carbocycles. The number of rotatable bonds is 3. The second-order valence-electron chi connectivity index (χ2n) is 6.35. The van der Waals surface area contributed by atoms with Gasteiger partial charge in [0.05, 0.1) is 5.54 Å². The number of hydrogen-bond acceptors (Lipinski definition) is 4. The summed E-state index contributed by atoms with van der Waals surface area (Å²) >= 11 is 0. The van der Waals surface area contributed by atoms with E-state index >= 15 is 0 Å². The van der Waals surface area contributed by atoms with Crippen LogP contribution in [0.3, 0.4) is 0 Å². The third kappa shape index (κ3) is 2.58. The van der Waals surface area contributed by atoms with E-state index < -0.39 is 0 Å². The molecule has 1 aromatic heterocycles. The van der Waals surface area contributed by atoms with E-state index in [1.54, 1.807) is 0 Å². The number of hydrogen-bond donors (Lipinski definition) is 1. The van der Waals surface area contributed by atoms with Gasteiger partial charge in [0.1, 0.15) is 0 Å². The Kier molecular flexibility index (Phi) is 3.76. The number of nitrogens with zero attached hydrogens (tertiary/aromatic N) is 2. The van der Waals surface area contributed by atoms with Crippen molar-refractivity contribution in [1.29, 1.82) is 0 Å². The van der Waals surface area contributed by atoms with Crippen molar-refractivity contribution in [2.75, 3.05) is 0 Å². The van der Waals surface area contributed by atoms with E-state index in [-0.39, 0.29) is 11.5 Å². The Morgan fingerprint density at radius 3 is 2.72 bits per heavy atom. The fourth-order valence-electron chi connectivity index (χ4n) is 2.70. The van der Waals surface area contributed by atoms with E-state index in [2.05, 4.69) is 37.8 Å². The van der Waals surface area contributed by atoms with Gasteiger partial charge in [0.25, 0.3) is 0 Å². The Morgan fingerprint density at radius 1 is 1.39 bits per heavy atom. The van der Waals surface area contributed by atoms with Crippen molar-refractivity contribution in [2.45, 2.75) is 64.8 Å². The van der Waals surface area contributed by atoms with Crippen LogP contribution in [0.5, 0.6) is 0 Å². The summed E-state index contributed by atoms with van der Waals surface area (Å²) in [6.07, 6.45) is 4.34. The molecule has 18 heavy (non-hydrogen) atoms. The molecule has 0 bridgehead atoms. The van der Waals surface area contributed by atoms with Crippen LogP contribution < -0.4 is 5.73 Å². The van der Waals surface area contributed by atoms with Crippen LogP contribution in [-0.4, -0.2) is 10.1 Å². The molecule has 0 spiro atoms. The molecule has 0 amide bonds. The van der Waals surface area contributed by atoms with Crippen molar-refractivity contribution in [3.05, 3.63) is 11.7 Å². The molecule has 2 rings (SSSR count). The van der Waals surface area contributed by atoms with Gasteiger partial charge in [-0.1, -0.05) is 45.7 Å². The van der Waals surface area contributed by atoms with E-state index in [4.69, 9.17) is 10.3 Å². The van der Waals surface area contributed by atoms with Gasteiger partial charge in [0.15, 0.2) is 5.82 Å². The average Bonchev–Trinajstić information content (AvgIpc) is 2.77. The third-order valence-corrected chi connectivity index (χ3v) is 4.31. The zero-order valence-corrected chi connectivity index (χ0v) is 11.9. The molecular weight excluding hydrogens is 226 g/mol. The molecule has 3 atom stereocenters. The zero-order valence-electron chi connectivity index (χ0n) is 11.9. The molecule has 1 aromatic rings. The number of nitrogens with two attached hydrogens (primary N) is 1. The van der Waals surface area contributed by atoms with Crippen LogP contribution in [0.2, 0.25) is 0 Å². The molecule has 1 saturated carbocycles. The molecule has 0 saturated heterocycles. The average molecular weight is 251 g/mol. The quantitative estimate of drug-likeness (QED) is 0.896. The minimum atomic E-state index is -0.379. The van der Waals surface area contributed by atoms with Crippen LogP contribution in [0.15, 0.2) is 4.52 Å². The molecular formula is C14H25N3O. The molecule has 1 aliphatic carbocycles. The summed E-state index contributed by atoms with van der Waals surface area (Å²) in [4.78, 5) is 4.56. The Bertz CT molecular complexity index is 401. The molecule has 3 unspecified atom stereocenters. The van der Waals surface area contributed by atoms with Crippen molar-refractivity contribution in [1.82, 2.24) is 10.1 Å². The lowest BCUT2D eigenvalue weighted by Gasteiger charge is -2.33. The van der Waals surface area contributed by atoms with E-state index in [0.29, 0.717) is 17.7 Å². The topological polar surface area (TPSA) is 64.9 Å². The molecule has 4 heteroatoms. The normalized spacial score (nSPS) is 30.7. The highest BCUT2D eigenvalue weighted by atomic mass is 16.5. The van der Waals surface area contributed by atoms with Crippen LogP contribution in [0.25, 0.3) is 0 Å². The lowest BCUT2D eigenvalue weighted by Crippen LogP contribution is -2.42. The highest BCUT2D eigenvalue weighted by Gasteiger charge is 2.37. The summed E-state index contributed by atoms with van der Waals surface area (Å²) in [7, 11) is 0. The van der Waals surface area contributed by atoms with Crippen LogP contribution in [0.4, 0.5) is 0 Å². The third-order valence-electron chi connectivity index (χ3n) is 4.31. The first-order chi connectivity index (χ1) is 8.42. The molecule has 1 aliphatic rings. The first-order valence-corrected chi connectivity index (χ1v) is 7.05. The largest absolute Gasteiger partial charge is 0.339 e. The fraction of sp³-hybridized carbons (Fsp3) is 0.857. The van der Waals surface area contributed by atoms with Crippen molar-refractivity contribution in [3.63, 3.8) is 0 Å². The maximum Gasteiger partial charge on any atom is 0.229 e. The van der Waals surface area contributed by atoms with Crippen molar-refractivity contribution < 1.29 is 4.52 Å². The van der Waals surface area contributed by atoms with E-state index in [0.717, 1.165) is 25.2 Å². The smallest absolute Gasteiger partial charge is 0.229 e. The van der Waals surface area contributed by atoms with E-state index in [1.165, 1.54) is 6.42 Å². The highest BCUT2D eigenvalue weighted by Crippen LogP contribution is 2.37. The van der Waals surface area contributed by atoms with Crippen LogP contribution >= 0.6 is 0 Å². The van der Waals surface area contributed by atoms with Gasteiger partial charge >= 0.3 is 0 Å². The van der Waals surface area contributed by atoms with Crippen LogP contribution in [-0.2, 0) is 5.54 Å². The summed E-state index contributed by atoms with van der Waals surface area (Å²) in [5.41, 5.74) is 6.10. The molecule has 0 aliphatic heterocycles. The van der Waals surface area contributed by atoms with Gasteiger partial charge in [-0.3, -0.25) is 0 Å². The first kappa shape index (κ1) is 13.5. The summed E-state index contributed by atoms with van der Waals surface area (Å²) in [5, 5.41) is 4.14. The van der Waals surface area contributed by atoms with Crippen molar-refractivity contribution >= 4 is 0 Å². The first-order valence-electron chi connectivity index (χ1n) is 7.05. The van der Waals surface area contributed by atoms with Crippen LogP contribution in [0.1, 0.15) is 71.0 Å². The summed E-state index contributed by atoms with van der Waals surface area (Å²) < 4.78 is 5.40. The summed E-state index contributed by atoms with van der Waals surface area (Å²) in [6.45, 7) is 8.69. The Morgan fingerprint density at radius 2 is 2.11 bits per heavy atom. The van der Waals surface area contributed by atoms with Gasteiger partial charge in [0.2, 0.25) is 5.89 Å². The van der Waals surface area contributed by atoms with Crippen molar-refractivity contribution in [3.8, 4) is 0 Å². The molecule has 102 valence electrons. The zero-order chi connectivity index (χ0) is 13.3. The lowest BCUT2D eigenvalue weighted by molar-refractivity contribution is 0.221. The van der Waals surface area contributed by atoms with Gasteiger partial charge in [-0.25, -0.2) is 0 Å². The second-order valence-corrected chi connectivity index (χ2v) is 6.35. The maximum atomic E-state index is 6.48. The van der Waals surface area contributed by atoms with Crippen molar-refractivity contribution in [2.24, 2.45) is 17.6 Å². The Labute approximate surface area is 109 Å². The predicted octanol–water partition coefficient (Wildman–Crippen LogP) is 3.19. The highest BCUT2D eigenvalue weighted by molar-refractivity contribution is 5.07.